The molecule has 0 amide bonds. The Morgan fingerprint density at radius 2 is 2.10 bits per heavy atom. The van der Waals surface area contributed by atoms with Crippen molar-refractivity contribution in [1.29, 1.82) is 5.26 Å². The molecule has 0 saturated carbocycles. The summed E-state index contributed by atoms with van der Waals surface area (Å²) in [4.78, 5) is 0. The van der Waals surface area contributed by atoms with Crippen LogP contribution in [-0.4, -0.2) is 26.5 Å². The lowest BCUT2D eigenvalue weighted by atomic mass is 9.75. The van der Waals surface area contributed by atoms with Crippen molar-refractivity contribution in [2.24, 2.45) is 0 Å². The standard InChI is InChI=1S/C15H19NO3S/c1-2-10-20(17,18)11-8-15(12-16)7-9-19-14-6-4-3-5-13(14)15/h3-6H,2,7-11H2,1H3. The maximum absolute atomic E-state index is 11.9. The second-order valence-electron chi connectivity index (χ2n) is 5.19. The fourth-order valence-electron chi connectivity index (χ4n) is 2.63. The molecule has 0 aliphatic carbocycles. The second-order valence-corrected chi connectivity index (χ2v) is 7.49. The molecule has 1 aliphatic heterocycles. The van der Waals surface area contributed by atoms with Gasteiger partial charge in [0.1, 0.15) is 15.6 Å². The van der Waals surface area contributed by atoms with E-state index in [1.807, 2.05) is 31.2 Å². The van der Waals surface area contributed by atoms with Crippen LogP contribution in [0.1, 0.15) is 31.7 Å². The van der Waals surface area contributed by atoms with Crippen LogP contribution in [0.4, 0.5) is 0 Å². The number of nitriles is 1. The number of nitrogens with zero attached hydrogens (tertiary/aromatic N) is 1. The van der Waals surface area contributed by atoms with E-state index in [0.29, 0.717) is 31.6 Å². The molecule has 0 fully saturated rings. The minimum atomic E-state index is -3.07. The molecule has 5 heteroatoms. The van der Waals surface area contributed by atoms with Gasteiger partial charge in [-0.3, -0.25) is 0 Å². The lowest BCUT2D eigenvalue weighted by Gasteiger charge is -2.33. The van der Waals surface area contributed by atoms with E-state index in [1.165, 1.54) is 0 Å². The van der Waals surface area contributed by atoms with Crippen LogP contribution in [0.5, 0.6) is 5.75 Å². The second kappa shape index (κ2) is 5.84. The number of sulfone groups is 1. The zero-order chi connectivity index (χ0) is 14.6. The lowest BCUT2D eigenvalue weighted by molar-refractivity contribution is 0.239. The van der Waals surface area contributed by atoms with Gasteiger partial charge in [0.05, 0.1) is 23.8 Å². The van der Waals surface area contributed by atoms with Crippen LogP contribution in [0.2, 0.25) is 0 Å². The van der Waals surface area contributed by atoms with Crippen molar-refractivity contribution >= 4 is 9.84 Å². The predicted octanol–water partition coefficient (Wildman–Crippen LogP) is 2.45. The summed E-state index contributed by atoms with van der Waals surface area (Å²) < 4.78 is 29.4. The monoisotopic (exact) mass is 293 g/mol. The first-order valence-electron chi connectivity index (χ1n) is 6.87. The number of hydrogen-bond donors (Lipinski definition) is 0. The molecule has 1 unspecified atom stereocenters. The Balaban J connectivity index is 2.27. The maximum Gasteiger partial charge on any atom is 0.150 e. The van der Waals surface area contributed by atoms with Crippen LogP contribution in [0.25, 0.3) is 0 Å². The van der Waals surface area contributed by atoms with E-state index in [9.17, 15) is 13.7 Å². The molecule has 0 spiro atoms. The van der Waals surface area contributed by atoms with Gasteiger partial charge in [-0.1, -0.05) is 25.1 Å². The molecule has 1 aromatic rings. The van der Waals surface area contributed by atoms with Crippen molar-refractivity contribution in [3.05, 3.63) is 29.8 Å². The number of rotatable bonds is 5. The summed E-state index contributed by atoms with van der Waals surface area (Å²) in [6.07, 6.45) is 1.50. The van der Waals surface area contributed by atoms with Crippen LogP contribution < -0.4 is 4.74 Å². The lowest BCUT2D eigenvalue weighted by Crippen LogP contribution is -2.34. The first kappa shape index (κ1) is 14.9. The van der Waals surface area contributed by atoms with E-state index in [1.54, 1.807) is 0 Å². The fraction of sp³-hybridized carbons (Fsp3) is 0.533. The molecule has 0 N–H and O–H groups in total. The number of benzene rings is 1. The van der Waals surface area contributed by atoms with E-state index in [4.69, 9.17) is 4.74 Å². The van der Waals surface area contributed by atoms with Gasteiger partial charge in [-0.05, 0) is 18.9 Å². The summed E-state index contributed by atoms with van der Waals surface area (Å²) in [5, 5.41) is 9.61. The Morgan fingerprint density at radius 3 is 2.80 bits per heavy atom. The molecule has 0 aromatic heterocycles. The highest BCUT2D eigenvalue weighted by molar-refractivity contribution is 7.91. The number of fused-ring (bicyclic) bond motifs is 1. The molecule has 0 saturated heterocycles. The predicted molar refractivity (Wildman–Crippen MR) is 77.4 cm³/mol. The van der Waals surface area contributed by atoms with Crippen molar-refractivity contribution < 1.29 is 13.2 Å². The topological polar surface area (TPSA) is 67.2 Å². The van der Waals surface area contributed by atoms with E-state index in [-0.39, 0.29) is 11.5 Å². The smallest absolute Gasteiger partial charge is 0.150 e. The van der Waals surface area contributed by atoms with Crippen molar-refractivity contribution in [2.75, 3.05) is 18.1 Å². The molecule has 2 rings (SSSR count). The summed E-state index contributed by atoms with van der Waals surface area (Å²) in [5.74, 6) is 0.947. The summed E-state index contributed by atoms with van der Waals surface area (Å²) in [5.41, 5.74) is 0.0794. The van der Waals surface area contributed by atoms with Gasteiger partial charge >= 0.3 is 0 Å². The Hall–Kier alpha value is -1.54. The molecule has 20 heavy (non-hydrogen) atoms. The van der Waals surface area contributed by atoms with Gasteiger partial charge in [-0.15, -0.1) is 0 Å². The first-order chi connectivity index (χ1) is 9.53. The third-order valence-corrected chi connectivity index (χ3v) is 5.61. The largest absolute Gasteiger partial charge is 0.493 e. The summed E-state index contributed by atoms with van der Waals surface area (Å²) in [6, 6.07) is 9.77. The highest BCUT2D eigenvalue weighted by Gasteiger charge is 2.38. The van der Waals surface area contributed by atoms with Crippen LogP contribution in [-0.2, 0) is 15.3 Å². The van der Waals surface area contributed by atoms with E-state index in [2.05, 4.69) is 6.07 Å². The fourth-order valence-corrected chi connectivity index (χ4v) is 4.12. The van der Waals surface area contributed by atoms with Gasteiger partial charge in [-0.2, -0.15) is 5.26 Å². The maximum atomic E-state index is 11.9. The summed E-state index contributed by atoms with van der Waals surface area (Å²) >= 11 is 0. The molecule has 4 nitrogen and oxygen atoms in total. The third kappa shape index (κ3) is 2.96. The Kier molecular flexibility index (Phi) is 4.34. The van der Waals surface area contributed by atoms with Gasteiger partial charge in [-0.25, -0.2) is 8.42 Å². The van der Waals surface area contributed by atoms with Crippen LogP contribution in [0.3, 0.4) is 0 Å². The van der Waals surface area contributed by atoms with Crippen LogP contribution in [0.15, 0.2) is 24.3 Å². The molecule has 1 heterocycles. The molecule has 0 radical (unpaired) electrons. The minimum absolute atomic E-state index is 0.0583. The van der Waals surface area contributed by atoms with E-state index >= 15 is 0 Å². The highest BCUT2D eigenvalue weighted by atomic mass is 32.2. The van der Waals surface area contributed by atoms with Crippen molar-refractivity contribution in [1.82, 2.24) is 0 Å². The first-order valence-corrected chi connectivity index (χ1v) is 8.69. The van der Waals surface area contributed by atoms with Gasteiger partial charge in [0, 0.05) is 17.7 Å². The zero-order valence-electron chi connectivity index (χ0n) is 11.6. The summed E-state index contributed by atoms with van der Waals surface area (Å²) in [7, 11) is -3.07. The molecular weight excluding hydrogens is 274 g/mol. The Bertz CT molecular complexity index is 618. The van der Waals surface area contributed by atoms with Gasteiger partial charge in [0.15, 0.2) is 0 Å². The average Bonchev–Trinajstić information content (AvgIpc) is 2.45. The van der Waals surface area contributed by atoms with Gasteiger partial charge in [0.2, 0.25) is 0 Å². The molecule has 1 aliphatic rings. The number of ether oxygens (including phenoxy) is 1. The average molecular weight is 293 g/mol. The van der Waals surface area contributed by atoms with Crippen molar-refractivity contribution in [3.8, 4) is 11.8 Å². The molecule has 0 bridgehead atoms. The quantitative estimate of drug-likeness (QED) is 0.836. The van der Waals surface area contributed by atoms with E-state index < -0.39 is 15.3 Å². The molecule has 1 atom stereocenters. The molecule has 1 aromatic carbocycles. The van der Waals surface area contributed by atoms with Crippen molar-refractivity contribution in [3.63, 3.8) is 0 Å². The Morgan fingerprint density at radius 1 is 1.35 bits per heavy atom. The van der Waals surface area contributed by atoms with Gasteiger partial charge < -0.3 is 4.74 Å². The number of hydrogen-bond acceptors (Lipinski definition) is 4. The summed E-state index contributed by atoms with van der Waals surface area (Å²) in [6.45, 7) is 2.31. The Labute approximate surface area is 120 Å². The minimum Gasteiger partial charge on any atom is -0.493 e. The third-order valence-electron chi connectivity index (χ3n) is 3.76. The molecule has 108 valence electrons. The zero-order valence-corrected chi connectivity index (χ0v) is 12.4. The normalized spacial score (nSPS) is 21.6. The van der Waals surface area contributed by atoms with Crippen LogP contribution in [0, 0.1) is 11.3 Å². The molecular formula is C15H19NO3S. The number of para-hydroxylation sites is 1. The highest BCUT2D eigenvalue weighted by Crippen LogP contribution is 2.41. The van der Waals surface area contributed by atoms with Gasteiger partial charge in [0.25, 0.3) is 0 Å². The van der Waals surface area contributed by atoms with Crippen molar-refractivity contribution in [2.45, 2.75) is 31.6 Å². The van der Waals surface area contributed by atoms with E-state index in [0.717, 1.165) is 5.56 Å². The van der Waals surface area contributed by atoms with Crippen LogP contribution >= 0.6 is 0 Å². The SMILES string of the molecule is CCCS(=O)(=O)CCC1(C#N)CCOc2ccccc21.